The van der Waals surface area contributed by atoms with E-state index in [-0.39, 0.29) is 5.91 Å². The Morgan fingerprint density at radius 2 is 1.88 bits per heavy atom. The third kappa shape index (κ3) is 5.34. The largest absolute Gasteiger partial charge is 0.493 e. The SMILES string of the molecule is CCCCCNC(=O)c1cnc(Nc2ccc(OC)c(OC)c2)cn1. The molecule has 1 heterocycles. The second-order valence-corrected chi connectivity index (χ2v) is 5.44. The Hall–Kier alpha value is -2.83. The third-order valence-corrected chi connectivity index (χ3v) is 3.61. The summed E-state index contributed by atoms with van der Waals surface area (Å²) in [7, 11) is 3.16. The van der Waals surface area contributed by atoms with Gasteiger partial charge in [0.1, 0.15) is 11.5 Å². The first kappa shape index (κ1) is 18.5. The molecule has 0 aliphatic carbocycles. The number of carbonyl (C=O) groups excluding carboxylic acids is 1. The molecule has 25 heavy (non-hydrogen) atoms. The fraction of sp³-hybridized carbons (Fsp3) is 0.389. The normalized spacial score (nSPS) is 10.2. The van der Waals surface area contributed by atoms with Crippen molar-refractivity contribution in [1.82, 2.24) is 15.3 Å². The van der Waals surface area contributed by atoms with E-state index in [4.69, 9.17) is 9.47 Å². The Kier molecular flexibility index (Phi) is 7.00. The van der Waals surface area contributed by atoms with Crippen LogP contribution in [0, 0.1) is 0 Å². The van der Waals surface area contributed by atoms with Crippen molar-refractivity contribution in [3.63, 3.8) is 0 Å². The summed E-state index contributed by atoms with van der Waals surface area (Å²) in [4.78, 5) is 20.4. The first-order valence-electron chi connectivity index (χ1n) is 8.27. The van der Waals surface area contributed by atoms with Crippen LogP contribution in [0.3, 0.4) is 0 Å². The summed E-state index contributed by atoms with van der Waals surface area (Å²) < 4.78 is 10.5. The molecule has 7 heteroatoms. The minimum atomic E-state index is -0.207. The molecule has 1 aromatic carbocycles. The van der Waals surface area contributed by atoms with Gasteiger partial charge in [-0.3, -0.25) is 4.79 Å². The van der Waals surface area contributed by atoms with Gasteiger partial charge >= 0.3 is 0 Å². The molecule has 7 nitrogen and oxygen atoms in total. The lowest BCUT2D eigenvalue weighted by Crippen LogP contribution is -2.25. The summed E-state index contributed by atoms with van der Waals surface area (Å²) in [5, 5.41) is 5.95. The molecular formula is C18H24N4O3. The predicted molar refractivity (Wildman–Crippen MR) is 96.7 cm³/mol. The molecule has 0 atom stereocenters. The molecule has 0 fully saturated rings. The van der Waals surface area contributed by atoms with Gasteiger partial charge in [0.2, 0.25) is 0 Å². The lowest BCUT2D eigenvalue weighted by molar-refractivity contribution is 0.0947. The number of nitrogens with one attached hydrogen (secondary N) is 2. The fourth-order valence-electron chi connectivity index (χ4n) is 2.24. The van der Waals surface area contributed by atoms with Crippen molar-refractivity contribution in [3.8, 4) is 11.5 Å². The van der Waals surface area contributed by atoms with Crippen LogP contribution in [0.15, 0.2) is 30.6 Å². The maximum atomic E-state index is 12.0. The van der Waals surface area contributed by atoms with Crippen molar-refractivity contribution in [3.05, 3.63) is 36.3 Å². The molecule has 0 saturated heterocycles. The average Bonchev–Trinajstić information content (AvgIpc) is 2.65. The van der Waals surface area contributed by atoms with Gasteiger partial charge in [-0.05, 0) is 18.6 Å². The van der Waals surface area contributed by atoms with E-state index in [9.17, 15) is 4.79 Å². The highest BCUT2D eigenvalue weighted by Crippen LogP contribution is 2.30. The van der Waals surface area contributed by atoms with E-state index in [2.05, 4.69) is 27.5 Å². The molecule has 0 radical (unpaired) electrons. The first-order valence-corrected chi connectivity index (χ1v) is 8.27. The van der Waals surface area contributed by atoms with E-state index in [1.165, 1.54) is 12.4 Å². The fourth-order valence-corrected chi connectivity index (χ4v) is 2.24. The number of rotatable bonds is 9. The predicted octanol–water partition coefficient (Wildman–Crippen LogP) is 3.16. The number of anilines is 2. The van der Waals surface area contributed by atoms with Gasteiger partial charge in [0.15, 0.2) is 11.5 Å². The Labute approximate surface area is 147 Å². The van der Waals surface area contributed by atoms with E-state index in [0.717, 1.165) is 24.9 Å². The summed E-state index contributed by atoms with van der Waals surface area (Å²) in [6.07, 6.45) is 6.16. The Morgan fingerprint density at radius 1 is 1.08 bits per heavy atom. The van der Waals surface area contributed by atoms with Gasteiger partial charge < -0.3 is 20.1 Å². The molecule has 0 spiro atoms. The summed E-state index contributed by atoms with van der Waals surface area (Å²) in [5.74, 6) is 1.59. The van der Waals surface area contributed by atoms with Crippen LogP contribution in [0.4, 0.5) is 11.5 Å². The Balaban J connectivity index is 1.97. The van der Waals surface area contributed by atoms with Crippen molar-refractivity contribution < 1.29 is 14.3 Å². The van der Waals surface area contributed by atoms with Crippen molar-refractivity contribution in [2.45, 2.75) is 26.2 Å². The number of aromatic nitrogens is 2. The number of ether oxygens (including phenoxy) is 2. The molecule has 1 amide bonds. The molecule has 2 aromatic rings. The lowest BCUT2D eigenvalue weighted by Gasteiger charge is -2.11. The first-order chi connectivity index (χ1) is 12.2. The van der Waals surface area contributed by atoms with Crippen molar-refractivity contribution in [2.24, 2.45) is 0 Å². The van der Waals surface area contributed by atoms with E-state index in [1.807, 2.05) is 6.07 Å². The number of benzene rings is 1. The highest BCUT2D eigenvalue weighted by molar-refractivity contribution is 5.92. The van der Waals surface area contributed by atoms with Crippen LogP contribution in [0.5, 0.6) is 11.5 Å². The molecule has 0 bridgehead atoms. The average molecular weight is 344 g/mol. The minimum absolute atomic E-state index is 0.207. The van der Waals surface area contributed by atoms with E-state index >= 15 is 0 Å². The quantitative estimate of drug-likeness (QED) is 0.680. The zero-order valence-electron chi connectivity index (χ0n) is 14.8. The van der Waals surface area contributed by atoms with Gasteiger partial charge in [-0.25, -0.2) is 9.97 Å². The van der Waals surface area contributed by atoms with Crippen LogP contribution in [-0.4, -0.2) is 36.6 Å². The summed E-state index contributed by atoms with van der Waals surface area (Å²) in [6, 6.07) is 5.44. The van der Waals surface area contributed by atoms with Crippen LogP contribution in [0.25, 0.3) is 0 Å². The molecule has 2 N–H and O–H groups in total. The second kappa shape index (κ2) is 9.46. The van der Waals surface area contributed by atoms with Gasteiger partial charge in [-0.2, -0.15) is 0 Å². The molecule has 134 valence electrons. The molecular weight excluding hydrogens is 320 g/mol. The van der Waals surface area contributed by atoms with Crippen LogP contribution >= 0.6 is 0 Å². The maximum Gasteiger partial charge on any atom is 0.271 e. The molecule has 0 aliphatic rings. The van der Waals surface area contributed by atoms with Crippen molar-refractivity contribution >= 4 is 17.4 Å². The number of amides is 1. The van der Waals surface area contributed by atoms with E-state index in [0.29, 0.717) is 29.6 Å². The van der Waals surface area contributed by atoms with E-state index < -0.39 is 0 Å². The highest BCUT2D eigenvalue weighted by atomic mass is 16.5. The van der Waals surface area contributed by atoms with Crippen LogP contribution in [-0.2, 0) is 0 Å². The Bertz CT molecular complexity index is 689. The zero-order valence-corrected chi connectivity index (χ0v) is 14.8. The zero-order chi connectivity index (χ0) is 18.1. The van der Waals surface area contributed by atoms with Crippen LogP contribution in [0.1, 0.15) is 36.7 Å². The molecule has 0 unspecified atom stereocenters. The number of unbranched alkanes of at least 4 members (excludes halogenated alkanes) is 2. The van der Waals surface area contributed by atoms with Crippen molar-refractivity contribution in [2.75, 3.05) is 26.1 Å². The number of nitrogens with zero attached hydrogens (tertiary/aromatic N) is 2. The number of hydrogen-bond acceptors (Lipinski definition) is 6. The maximum absolute atomic E-state index is 12.0. The number of hydrogen-bond donors (Lipinski definition) is 2. The third-order valence-electron chi connectivity index (χ3n) is 3.61. The molecule has 1 aromatic heterocycles. The topological polar surface area (TPSA) is 85.4 Å². The monoisotopic (exact) mass is 344 g/mol. The second-order valence-electron chi connectivity index (χ2n) is 5.44. The van der Waals surface area contributed by atoms with Gasteiger partial charge in [-0.1, -0.05) is 19.8 Å². The number of methoxy groups -OCH3 is 2. The minimum Gasteiger partial charge on any atom is -0.493 e. The molecule has 0 saturated carbocycles. The van der Waals surface area contributed by atoms with Gasteiger partial charge in [0.25, 0.3) is 5.91 Å². The molecule has 0 aliphatic heterocycles. The van der Waals surface area contributed by atoms with Crippen LogP contribution < -0.4 is 20.1 Å². The van der Waals surface area contributed by atoms with Gasteiger partial charge in [-0.15, -0.1) is 0 Å². The highest BCUT2D eigenvalue weighted by Gasteiger charge is 2.08. The summed E-state index contributed by atoms with van der Waals surface area (Å²) >= 11 is 0. The van der Waals surface area contributed by atoms with Crippen molar-refractivity contribution in [1.29, 1.82) is 0 Å². The van der Waals surface area contributed by atoms with Gasteiger partial charge in [0, 0.05) is 18.3 Å². The molecule has 2 rings (SSSR count). The lowest BCUT2D eigenvalue weighted by atomic mass is 10.2. The van der Waals surface area contributed by atoms with Crippen LogP contribution in [0.2, 0.25) is 0 Å². The Morgan fingerprint density at radius 3 is 2.52 bits per heavy atom. The smallest absolute Gasteiger partial charge is 0.271 e. The standard InChI is InChI=1S/C18H24N4O3/c1-4-5-6-9-19-18(23)14-11-21-17(12-20-14)22-13-7-8-15(24-2)16(10-13)25-3/h7-8,10-12H,4-6,9H2,1-3H3,(H,19,23)(H,21,22). The van der Waals surface area contributed by atoms with Gasteiger partial charge in [0.05, 0.1) is 26.6 Å². The summed E-state index contributed by atoms with van der Waals surface area (Å²) in [6.45, 7) is 2.78. The number of carbonyl (C=O) groups is 1. The van der Waals surface area contributed by atoms with E-state index in [1.54, 1.807) is 26.4 Å². The summed E-state index contributed by atoms with van der Waals surface area (Å²) in [5.41, 5.74) is 1.08.